The summed E-state index contributed by atoms with van der Waals surface area (Å²) in [5.74, 6) is 0. The van der Waals surface area contributed by atoms with Gasteiger partial charge in [0.1, 0.15) is 0 Å². The summed E-state index contributed by atoms with van der Waals surface area (Å²) in [6.45, 7) is 4.26. The first-order valence-electron chi connectivity index (χ1n) is 15.2. The predicted molar refractivity (Wildman–Crippen MR) is 188 cm³/mol. The second-order valence-electron chi connectivity index (χ2n) is 11.7. The maximum absolute atomic E-state index is 4.69. The third kappa shape index (κ3) is 4.37. The molecule has 0 saturated heterocycles. The molecule has 208 valence electrons. The van der Waals surface area contributed by atoms with Crippen molar-refractivity contribution in [2.45, 2.75) is 13.8 Å². The van der Waals surface area contributed by atoms with E-state index < -0.39 is 0 Å². The molecule has 0 radical (unpaired) electrons. The summed E-state index contributed by atoms with van der Waals surface area (Å²) >= 11 is 0. The van der Waals surface area contributed by atoms with E-state index in [1.54, 1.807) is 0 Å². The second kappa shape index (κ2) is 10.6. The highest BCUT2D eigenvalue weighted by atomic mass is 14.7. The molecule has 1 nitrogen and oxygen atoms in total. The third-order valence-corrected chi connectivity index (χ3v) is 8.85. The Balaban J connectivity index is 1.42. The zero-order chi connectivity index (χ0) is 29.6. The van der Waals surface area contributed by atoms with Gasteiger partial charge in [-0.25, -0.2) is 0 Å². The first-order chi connectivity index (χ1) is 21.7. The van der Waals surface area contributed by atoms with Crippen molar-refractivity contribution < 1.29 is 0 Å². The number of hydrogen-bond acceptors (Lipinski definition) is 1. The Bertz CT molecular complexity index is 2290. The van der Waals surface area contributed by atoms with Crippen molar-refractivity contribution in [3.8, 4) is 44.6 Å². The van der Waals surface area contributed by atoms with Gasteiger partial charge >= 0.3 is 0 Å². The highest BCUT2D eigenvalue weighted by Crippen LogP contribution is 2.46. The molecule has 1 heteroatoms. The average molecular weight is 562 g/mol. The van der Waals surface area contributed by atoms with E-state index in [1.165, 1.54) is 76.8 Å². The van der Waals surface area contributed by atoms with E-state index in [1.807, 2.05) is 12.3 Å². The minimum Gasteiger partial charge on any atom is -0.256 e. The Morgan fingerprint density at radius 2 is 0.909 bits per heavy atom. The summed E-state index contributed by atoms with van der Waals surface area (Å²) < 4.78 is 0. The maximum Gasteiger partial charge on any atom is 0.0704 e. The molecule has 0 unspecified atom stereocenters. The molecule has 0 fully saturated rings. The van der Waals surface area contributed by atoms with Crippen molar-refractivity contribution in [3.05, 3.63) is 163 Å². The molecular weight excluding hydrogens is 530 g/mol. The van der Waals surface area contributed by atoms with Crippen LogP contribution in [-0.4, -0.2) is 4.98 Å². The van der Waals surface area contributed by atoms with Crippen LogP contribution in [0.2, 0.25) is 0 Å². The van der Waals surface area contributed by atoms with E-state index in [9.17, 15) is 0 Å². The fraction of sp³-hybridized carbons (Fsp3) is 0.0465. The molecule has 8 rings (SSSR count). The molecule has 0 bridgehead atoms. The summed E-state index contributed by atoms with van der Waals surface area (Å²) in [6, 6.07) is 53.2. The lowest BCUT2D eigenvalue weighted by Gasteiger charge is -2.20. The van der Waals surface area contributed by atoms with Crippen molar-refractivity contribution in [1.82, 2.24) is 4.98 Å². The van der Waals surface area contributed by atoms with E-state index in [4.69, 9.17) is 0 Å². The standard InChI is InChI=1S/C43H31N/c1-28-18-20-30(21-19-28)33-22-23-40(35-13-4-3-12-34(33)35)43-38-16-7-5-14-36(38)42(37-15-6-8-17-39(37)43)32-11-9-10-31(27-32)41-26-29(2)24-25-44-41/h3-27H,1-2H3. The number of aryl methyl sites for hydroxylation is 2. The van der Waals surface area contributed by atoms with Crippen molar-refractivity contribution in [1.29, 1.82) is 0 Å². The van der Waals surface area contributed by atoms with Crippen LogP contribution in [-0.2, 0) is 0 Å². The van der Waals surface area contributed by atoms with Crippen LogP contribution in [0.5, 0.6) is 0 Å². The molecule has 0 saturated carbocycles. The van der Waals surface area contributed by atoms with E-state index >= 15 is 0 Å². The van der Waals surface area contributed by atoms with Gasteiger partial charge in [-0.1, -0.05) is 133 Å². The van der Waals surface area contributed by atoms with Crippen molar-refractivity contribution in [2.75, 3.05) is 0 Å². The molecule has 0 atom stereocenters. The van der Waals surface area contributed by atoms with Gasteiger partial charge in [0.05, 0.1) is 5.69 Å². The van der Waals surface area contributed by atoms with Crippen LogP contribution in [0, 0.1) is 13.8 Å². The Hall–Kier alpha value is -5.53. The first kappa shape index (κ1) is 26.1. The fourth-order valence-corrected chi connectivity index (χ4v) is 6.76. The Morgan fingerprint density at radius 3 is 1.55 bits per heavy atom. The van der Waals surface area contributed by atoms with Crippen LogP contribution in [0.1, 0.15) is 11.1 Å². The highest BCUT2D eigenvalue weighted by Gasteiger charge is 2.19. The van der Waals surface area contributed by atoms with Gasteiger partial charge in [-0.3, -0.25) is 4.98 Å². The predicted octanol–water partition coefficient (Wildman–Crippen LogP) is 11.8. The SMILES string of the molecule is Cc1ccc(-c2ccc(-c3c4ccccc4c(-c4cccc(-c5cc(C)ccn5)c4)c4ccccc34)c3ccccc23)cc1. The molecule has 8 aromatic rings. The number of rotatable bonds is 4. The highest BCUT2D eigenvalue weighted by molar-refractivity contribution is 6.24. The van der Waals surface area contributed by atoms with Gasteiger partial charge in [0.25, 0.3) is 0 Å². The zero-order valence-electron chi connectivity index (χ0n) is 24.9. The molecule has 1 aromatic heterocycles. The number of benzene rings is 7. The largest absolute Gasteiger partial charge is 0.256 e. The normalized spacial score (nSPS) is 11.4. The van der Waals surface area contributed by atoms with Gasteiger partial charge in [-0.15, -0.1) is 0 Å². The first-order valence-corrected chi connectivity index (χ1v) is 15.2. The Morgan fingerprint density at radius 1 is 0.364 bits per heavy atom. The number of fused-ring (bicyclic) bond motifs is 3. The van der Waals surface area contributed by atoms with E-state index in [0.717, 1.165) is 11.3 Å². The van der Waals surface area contributed by atoms with Gasteiger partial charge in [-0.2, -0.15) is 0 Å². The molecular formula is C43H31N. The summed E-state index contributed by atoms with van der Waals surface area (Å²) in [6.07, 6.45) is 1.89. The number of pyridine rings is 1. The average Bonchev–Trinajstić information content (AvgIpc) is 3.07. The van der Waals surface area contributed by atoms with E-state index in [-0.39, 0.29) is 0 Å². The second-order valence-corrected chi connectivity index (χ2v) is 11.7. The minimum absolute atomic E-state index is 0.997. The molecule has 0 spiro atoms. The third-order valence-electron chi connectivity index (χ3n) is 8.85. The number of aromatic nitrogens is 1. The van der Waals surface area contributed by atoms with Crippen LogP contribution < -0.4 is 0 Å². The van der Waals surface area contributed by atoms with Gasteiger partial charge in [0.15, 0.2) is 0 Å². The molecule has 0 aliphatic heterocycles. The van der Waals surface area contributed by atoms with E-state index in [0.29, 0.717) is 0 Å². The molecule has 1 heterocycles. The summed E-state index contributed by atoms with van der Waals surface area (Å²) in [5.41, 5.74) is 12.1. The molecule has 7 aromatic carbocycles. The van der Waals surface area contributed by atoms with Crippen LogP contribution in [0.4, 0.5) is 0 Å². The van der Waals surface area contributed by atoms with E-state index in [2.05, 4.69) is 158 Å². The molecule has 0 amide bonds. The topological polar surface area (TPSA) is 12.9 Å². The maximum atomic E-state index is 4.69. The van der Waals surface area contributed by atoms with Gasteiger partial charge in [0.2, 0.25) is 0 Å². The van der Waals surface area contributed by atoms with Gasteiger partial charge in [-0.05, 0) is 103 Å². The quantitative estimate of drug-likeness (QED) is 0.195. The molecule has 44 heavy (non-hydrogen) atoms. The smallest absolute Gasteiger partial charge is 0.0704 e. The van der Waals surface area contributed by atoms with Crippen LogP contribution >= 0.6 is 0 Å². The van der Waals surface area contributed by atoms with Gasteiger partial charge in [0, 0.05) is 11.8 Å². The summed E-state index contributed by atoms with van der Waals surface area (Å²) in [7, 11) is 0. The molecule has 0 aliphatic rings. The van der Waals surface area contributed by atoms with Crippen molar-refractivity contribution >= 4 is 32.3 Å². The van der Waals surface area contributed by atoms with Crippen molar-refractivity contribution in [3.63, 3.8) is 0 Å². The van der Waals surface area contributed by atoms with Crippen molar-refractivity contribution in [2.24, 2.45) is 0 Å². The van der Waals surface area contributed by atoms with Crippen LogP contribution in [0.3, 0.4) is 0 Å². The Labute approximate surface area is 258 Å². The summed E-state index contributed by atoms with van der Waals surface area (Å²) in [5, 5.41) is 7.55. The minimum atomic E-state index is 0.997. The zero-order valence-corrected chi connectivity index (χ0v) is 24.9. The monoisotopic (exact) mass is 561 g/mol. The van der Waals surface area contributed by atoms with Gasteiger partial charge < -0.3 is 0 Å². The van der Waals surface area contributed by atoms with Crippen LogP contribution in [0.25, 0.3) is 77.0 Å². The van der Waals surface area contributed by atoms with Crippen LogP contribution in [0.15, 0.2) is 152 Å². The molecule has 0 aliphatic carbocycles. The number of hydrogen-bond donors (Lipinski definition) is 0. The summed E-state index contributed by atoms with van der Waals surface area (Å²) in [4.78, 5) is 4.69. The number of nitrogens with zero attached hydrogens (tertiary/aromatic N) is 1. The molecule has 0 N–H and O–H groups in total. The lowest BCUT2D eigenvalue weighted by Crippen LogP contribution is -1.93. The lowest BCUT2D eigenvalue weighted by atomic mass is 9.83. The lowest BCUT2D eigenvalue weighted by molar-refractivity contribution is 1.29. The fourth-order valence-electron chi connectivity index (χ4n) is 6.76. The Kier molecular flexibility index (Phi) is 6.31.